The molecule has 0 atom stereocenters. The number of hydrogen-bond donors (Lipinski definition) is 1. The Morgan fingerprint density at radius 2 is 1.96 bits per heavy atom. The summed E-state index contributed by atoms with van der Waals surface area (Å²) in [4.78, 5) is 17.8. The van der Waals surface area contributed by atoms with Crippen molar-refractivity contribution in [2.45, 2.75) is 12.7 Å². The Morgan fingerprint density at radius 3 is 2.63 bits per heavy atom. The SMILES string of the molecule is O=C(NCc1ccc(N2CCOCC2)cc1C(F)(F)F)c1cc(Cl)ccn1. The van der Waals surface area contributed by atoms with Crippen LogP contribution in [0, 0.1) is 0 Å². The van der Waals surface area contributed by atoms with Gasteiger partial charge in [0.25, 0.3) is 5.91 Å². The highest BCUT2D eigenvalue weighted by molar-refractivity contribution is 6.30. The van der Waals surface area contributed by atoms with E-state index in [1.54, 1.807) is 6.07 Å². The van der Waals surface area contributed by atoms with E-state index in [9.17, 15) is 18.0 Å². The molecule has 2 heterocycles. The molecule has 1 amide bonds. The summed E-state index contributed by atoms with van der Waals surface area (Å²) >= 11 is 5.80. The quantitative estimate of drug-likeness (QED) is 0.854. The predicted molar refractivity (Wildman–Crippen MR) is 94.9 cm³/mol. The summed E-state index contributed by atoms with van der Waals surface area (Å²) < 4.78 is 45.8. The van der Waals surface area contributed by atoms with E-state index in [0.29, 0.717) is 37.0 Å². The Balaban J connectivity index is 1.78. The highest BCUT2D eigenvalue weighted by Gasteiger charge is 2.34. The number of pyridine rings is 1. The monoisotopic (exact) mass is 399 g/mol. The fraction of sp³-hybridized carbons (Fsp3) is 0.333. The van der Waals surface area contributed by atoms with Crippen LogP contribution < -0.4 is 10.2 Å². The lowest BCUT2D eigenvalue weighted by Gasteiger charge is -2.29. The molecule has 1 aromatic heterocycles. The van der Waals surface area contributed by atoms with Gasteiger partial charge in [-0.15, -0.1) is 0 Å². The number of ether oxygens (including phenoxy) is 1. The van der Waals surface area contributed by atoms with E-state index in [1.807, 2.05) is 4.90 Å². The lowest BCUT2D eigenvalue weighted by atomic mass is 10.0. The van der Waals surface area contributed by atoms with Gasteiger partial charge in [-0.25, -0.2) is 0 Å². The molecular weight excluding hydrogens is 383 g/mol. The molecule has 0 bridgehead atoms. The average molecular weight is 400 g/mol. The van der Waals surface area contributed by atoms with Gasteiger partial charge in [0.05, 0.1) is 18.8 Å². The van der Waals surface area contributed by atoms with E-state index in [-0.39, 0.29) is 17.8 Å². The van der Waals surface area contributed by atoms with Crippen molar-refractivity contribution in [1.82, 2.24) is 10.3 Å². The molecule has 1 aliphatic heterocycles. The van der Waals surface area contributed by atoms with Crippen LogP contribution in [0.5, 0.6) is 0 Å². The minimum absolute atomic E-state index is 0.0186. The second-order valence-electron chi connectivity index (χ2n) is 5.98. The molecule has 27 heavy (non-hydrogen) atoms. The number of morpholine rings is 1. The van der Waals surface area contributed by atoms with Crippen molar-refractivity contribution >= 4 is 23.2 Å². The van der Waals surface area contributed by atoms with Crippen molar-refractivity contribution < 1.29 is 22.7 Å². The number of carbonyl (C=O) groups excluding carboxylic acids is 1. The van der Waals surface area contributed by atoms with Gasteiger partial charge < -0.3 is 15.0 Å². The molecular formula is C18H17ClF3N3O2. The zero-order chi connectivity index (χ0) is 19.4. The van der Waals surface area contributed by atoms with Gasteiger partial charge in [-0.05, 0) is 29.8 Å². The third-order valence-electron chi connectivity index (χ3n) is 4.17. The molecule has 0 saturated carbocycles. The van der Waals surface area contributed by atoms with Crippen molar-refractivity contribution in [1.29, 1.82) is 0 Å². The number of nitrogens with zero attached hydrogens (tertiary/aromatic N) is 2. The number of hydrogen-bond acceptors (Lipinski definition) is 4. The lowest BCUT2D eigenvalue weighted by molar-refractivity contribution is -0.138. The molecule has 2 aromatic rings. The number of nitrogens with one attached hydrogen (secondary N) is 1. The number of alkyl halides is 3. The zero-order valence-corrected chi connectivity index (χ0v) is 15.0. The second kappa shape index (κ2) is 8.14. The first-order valence-corrected chi connectivity index (χ1v) is 8.65. The Bertz CT molecular complexity index is 824. The molecule has 1 aliphatic rings. The van der Waals surface area contributed by atoms with Crippen molar-refractivity contribution in [2.75, 3.05) is 31.2 Å². The third kappa shape index (κ3) is 4.90. The predicted octanol–water partition coefficient (Wildman–Crippen LogP) is 3.52. The fourth-order valence-electron chi connectivity index (χ4n) is 2.80. The molecule has 0 spiro atoms. The summed E-state index contributed by atoms with van der Waals surface area (Å²) in [6.07, 6.45) is -3.17. The smallest absolute Gasteiger partial charge is 0.378 e. The number of rotatable bonds is 4. The molecule has 1 aromatic carbocycles. The molecule has 0 unspecified atom stereocenters. The molecule has 1 N–H and O–H groups in total. The molecule has 9 heteroatoms. The van der Waals surface area contributed by atoms with Gasteiger partial charge in [0.1, 0.15) is 5.69 Å². The minimum atomic E-state index is -4.53. The van der Waals surface area contributed by atoms with Crippen molar-refractivity contribution in [3.8, 4) is 0 Å². The van der Waals surface area contributed by atoms with Gasteiger partial charge in [-0.3, -0.25) is 9.78 Å². The Morgan fingerprint density at radius 1 is 1.22 bits per heavy atom. The summed E-state index contributed by atoms with van der Waals surface area (Å²) in [7, 11) is 0. The van der Waals surface area contributed by atoms with Crippen LogP contribution in [0.4, 0.5) is 18.9 Å². The van der Waals surface area contributed by atoms with Crippen LogP contribution in [-0.2, 0) is 17.5 Å². The molecule has 5 nitrogen and oxygen atoms in total. The van der Waals surface area contributed by atoms with Gasteiger partial charge >= 0.3 is 6.18 Å². The number of aromatic nitrogens is 1. The second-order valence-corrected chi connectivity index (χ2v) is 6.42. The van der Waals surface area contributed by atoms with Crippen LogP contribution in [0.15, 0.2) is 36.5 Å². The van der Waals surface area contributed by atoms with Crippen LogP contribution in [0.2, 0.25) is 5.02 Å². The van der Waals surface area contributed by atoms with Crippen LogP contribution >= 0.6 is 11.6 Å². The molecule has 0 radical (unpaired) electrons. The summed E-state index contributed by atoms with van der Waals surface area (Å²) in [6, 6.07) is 6.98. The Hall–Kier alpha value is -2.32. The topological polar surface area (TPSA) is 54.5 Å². The summed E-state index contributed by atoms with van der Waals surface area (Å²) in [6.45, 7) is 1.75. The van der Waals surface area contributed by atoms with E-state index in [4.69, 9.17) is 16.3 Å². The maximum absolute atomic E-state index is 13.5. The maximum Gasteiger partial charge on any atom is 0.416 e. The van der Waals surface area contributed by atoms with Gasteiger partial charge in [0, 0.05) is 36.5 Å². The largest absolute Gasteiger partial charge is 0.416 e. The first kappa shape index (κ1) is 19.4. The number of carbonyl (C=O) groups is 1. The summed E-state index contributed by atoms with van der Waals surface area (Å²) in [5, 5.41) is 2.78. The number of anilines is 1. The third-order valence-corrected chi connectivity index (χ3v) is 4.40. The molecule has 144 valence electrons. The first-order chi connectivity index (χ1) is 12.8. The Kier molecular flexibility index (Phi) is 5.86. The van der Waals surface area contributed by atoms with Gasteiger partial charge in [0.15, 0.2) is 0 Å². The van der Waals surface area contributed by atoms with E-state index in [0.717, 1.165) is 6.07 Å². The van der Waals surface area contributed by atoms with Crippen LogP contribution in [0.3, 0.4) is 0 Å². The van der Waals surface area contributed by atoms with Gasteiger partial charge in [0.2, 0.25) is 0 Å². The van der Waals surface area contributed by atoms with Crippen LogP contribution in [0.25, 0.3) is 0 Å². The first-order valence-electron chi connectivity index (χ1n) is 8.27. The van der Waals surface area contributed by atoms with E-state index in [1.165, 1.54) is 24.4 Å². The minimum Gasteiger partial charge on any atom is -0.378 e. The van der Waals surface area contributed by atoms with Gasteiger partial charge in [-0.2, -0.15) is 13.2 Å². The van der Waals surface area contributed by atoms with Crippen LogP contribution in [0.1, 0.15) is 21.6 Å². The van der Waals surface area contributed by atoms with Crippen molar-refractivity contribution in [2.24, 2.45) is 0 Å². The standard InChI is InChI=1S/C18H17ClF3N3O2/c19-13-3-4-23-16(9-13)17(26)24-11-12-1-2-14(10-15(12)18(20,21)22)25-5-7-27-8-6-25/h1-4,9-10H,5-8,11H2,(H,24,26). The normalized spacial score (nSPS) is 14.9. The highest BCUT2D eigenvalue weighted by Crippen LogP contribution is 2.35. The molecule has 3 rings (SSSR count). The molecule has 1 saturated heterocycles. The number of halogens is 4. The lowest BCUT2D eigenvalue weighted by Crippen LogP contribution is -2.36. The van der Waals surface area contributed by atoms with E-state index >= 15 is 0 Å². The number of amides is 1. The zero-order valence-electron chi connectivity index (χ0n) is 14.2. The summed E-state index contributed by atoms with van der Waals surface area (Å²) in [5.74, 6) is -0.595. The maximum atomic E-state index is 13.5. The summed E-state index contributed by atoms with van der Waals surface area (Å²) in [5.41, 5.74) is -0.265. The van der Waals surface area contributed by atoms with E-state index < -0.39 is 17.6 Å². The number of benzene rings is 1. The van der Waals surface area contributed by atoms with Crippen molar-refractivity contribution in [3.05, 3.63) is 58.4 Å². The molecule has 1 fully saturated rings. The van der Waals surface area contributed by atoms with Crippen LogP contribution in [-0.4, -0.2) is 37.2 Å². The Labute approximate surface area is 159 Å². The highest BCUT2D eigenvalue weighted by atomic mass is 35.5. The average Bonchev–Trinajstić information content (AvgIpc) is 2.66. The van der Waals surface area contributed by atoms with Crippen molar-refractivity contribution in [3.63, 3.8) is 0 Å². The molecule has 0 aliphatic carbocycles. The van der Waals surface area contributed by atoms with E-state index in [2.05, 4.69) is 10.3 Å². The fourth-order valence-corrected chi connectivity index (χ4v) is 2.96. The van der Waals surface area contributed by atoms with Gasteiger partial charge in [-0.1, -0.05) is 17.7 Å².